The Morgan fingerprint density at radius 2 is 1.97 bits per heavy atom. The molecule has 11 heteroatoms. The number of aromatic nitrogens is 2. The maximum absolute atomic E-state index is 14.2. The quantitative estimate of drug-likeness (QED) is 0.210. The van der Waals surface area contributed by atoms with Gasteiger partial charge in [0.2, 0.25) is 0 Å². The lowest BCUT2D eigenvalue weighted by molar-refractivity contribution is -0.136. The summed E-state index contributed by atoms with van der Waals surface area (Å²) in [6.45, 7) is 9.56. The highest BCUT2D eigenvalue weighted by atomic mass is 19.4. The molecule has 1 atom stereocenters. The van der Waals surface area contributed by atoms with E-state index in [1.54, 1.807) is 18.6 Å². The van der Waals surface area contributed by atoms with E-state index < -0.39 is 11.7 Å². The molecule has 0 amide bonds. The first-order valence-corrected chi connectivity index (χ1v) is 12.7. The van der Waals surface area contributed by atoms with Gasteiger partial charge in [-0.05, 0) is 62.4 Å². The van der Waals surface area contributed by atoms with E-state index in [1.165, 1.54) is 6.20 Å². The average Bonchev–Trinajstić information content (AvgIpc) is 2.92. The van der Waals surface area contributed by atoms with E-state index in [4.69, 9.17) is 21.1 Å². The van der Waals surface area contributed by atoms with Gasteiger partial charge >= 0.3 is 6.18 Å². The molecule has 0 radical (unpaired) electrons. The molecule has 1 unspecified atom stereocenters. The van der Waals surface area contributed by atoms with Gasteiger partial charge in [0.1, 0.15) is 0 Å². The van der Waals surface area contributed by atoms with Crippen LogP contribution in [0.2, 0.25) is 0 Å². The van der Waals surface area contributed by atoms with E-state index in [-0.39, 0.29) is 23.0 Å². The van der Waals surface area contributed by atoms with Gasteiger partial charge in [-0.3, -0.25) is 20.6 Å². The van der Waals surface area contributed by atoms with Crippen LogP contribution in [-0.4, -0.2) is 58.1 Å². The number of nitrogens with zero attached hydrogens (tertiary/aromatic N) is 3. The third-order valence-electron chi connectivity index (χ3n) is 7.19. The van der Waals surface area contributed by atoms with E-state index >= 15 is 0 Å². The summed E-state index contributed by atoms with van der Waals surface area (Å²) < 4.78 is 48.0. The zero-order valence-corrected chi connectivity index (χ0v) is 22.0. The number of benzene rings is 1. The molecule has 0 spiro atoms. The third kappa shape index (κ3) is 5.90. The summed E-state index contributed by atoms with van der Waals surface area (Å²) in [6.07, 6.45) is 0.285. The van der Waals surface area contributed by atoms with E-state index in [2.05, 4.69) is 21.4 Å². The minimum absolute atomic E-state index is 0.0404. The van der Waals surface area contributed by atoms with E-state index in [0.717, 1.165) is 42.4 Å². The molecular formula is C28H33F3N6O2. The largest absolute Gasteiger partial charge is 0.418 e. The Kier molecular flexibility index (Phi) is 8.53. The number of alkyl halides is 3. The zero-order chi connectivity index (χ0) is 28.3. The number of nitrogen functional groups attached to an aromatic ring is 1. The summed E-state index contributed by atoms with van der Waals surface area (Å²) in [4.78, 5) is 11.4. The minimum Gasteiger partial charge on any atom is -0.398 e. The smallest absolute Gasteiger partial charge is 0.398 e. The number of fused-ring (bicyclic) bond motifs is 3. The molecule has 1 saturated heterocycles. The van der Waals surface area contributed by atoms with Gasteiger partial charge in [0.15, 0.2) is 0 Å². The van der Waals surface area contributed by atoms with Crippen molar-refractivity contribution in [1.82, 2.24) is 20.3 Å². The van der Waals surface area contributed by atoms with Crippen LogP contribution in [0.1, 0.15) is 41.3 Å². The number of pyridine rings is 2. The van der Waals surface area contributed by atoms with Crippen molar-refractivity contribution in [2.45, 2.75) is 45.3 Å². The summed E-state index contributed by atoms with van der Waals surface area (Å²) in [5, 5.41) is 16.2. The molecule has 8 nitrogen and oxygen atoms in total. The fourth-order valence-corrected chi connectivity index (χ4v) is 5.44. The van der Waals surface area contributed by atoms with Crippen molar-refractivity contribution < 1.29 is 23.1 Å². The maximum atomic E-state index is 14.2. The Balaban J connectivity index is 0.000000826. The molecule has 39 heavy (non-hydrogen) atoms. The molecule has 3 aromatic rings. The monoisotopic (exact) mass is 542 g/mol. The molecular weight excluding hydrogens is 509 g/mol. The van der Waals surface area contributed by atoms with E-state index in [1.807, 2.05) is 19.1 Å². The summed E-state index contributed by atoms with van der Waals surface area (Å²) in [5.41, 5.74) is 11.0. The van der Waals surface area contributed by atoms with Crippen molar-refractivity contribution in [3.05, 3.63) is 65.1 Å². The number of anilines is 1. The Bertz CT molecular complexity index is 1370. The van der Waals surface area contributed by atoms with E-state index in [0.29, 0.717) is 48.3 Å². The average molecular weight is 543 g/mol. The number of morpholine rings is 1. The highest BCUT2D eigenvalue weighted by Crippen LogP contribution is 2.44. The molecule has 1 fully saturated rings. The van der Waals surface area contributed by atoms with Gasteiger partial charge in [-0.25, -0.2) is 4.98 Å². The fraction of sp³-hybridized carbons (Fsp3) is 0.393. The molecule has 1 aliphatic carbocycles. The Morgan fingerprint density at radius 3 is 2.54 bits per heavy atom. The van der Waals surface area contributed by atoms with Crippen LogP contribution in [0, 0.1) is 12.3 Å². The van der Waals surface area contributed by atoms with Gasteiger partial charge in [0, 0.05) is 65.1 Å². The van der Waals surface area contributed by atoms with Gasteiger partial charge in [0.05, 0.1) is 30.0 Å². The Morgan fingerprint density at radius 1 is 1.28 bits per heavy atom. The number of nitrogens with one attached hydrogen (secondary N) is 2. The van der Waals surface area contributed by atoms with Gasteiger partial charge in [-0.1, -0.05) is 6.58 Å². The van der Waals surface area contributed by atoms with Crippen molar-refractivity contribution in [1.29, 1.82) is 5.41 Å². The lowest BCUT2D eigenvalue weighted by atomic mass is 9.81. The van der Waals surface area contributed by atoms with Crippen LogP contribution in [0.15, 0.2) is 37.2 Å². The van der Waals surface area contributed by atoms with Crippen molar-refractivity contribution in [3.63, 3.8) is 0 Å². The molecule has 1 aliphatic heterocycles. The summed E-state index contributed by atoms with van der Waals surface area (Å²) >= 11 is 0. The van der Waals surface area contributed by atoms with Crippen molar-refractivity contribution >= 4 is 22.3 Å². The highest BCUT2D eigenvalue weighted by Gasteiger charge is 2.38. The zero-order valence-electron chi connectivity index (χ0n) is 22.0. The SMILES string of the molecule is C=CNO.CC(=N)c1c(N)cc(C(F)(F)F)c2nc(-c3ccc(C)nc3)c3c(c12)CCC(N1CCOCC1)C3. The lowest BCUT2D eigenvalue weighted by Gasteiger charge is -2.38. The molecule has 208 valence electrons. The second kappa shape index (κ2) is 11.7. The van der Waals surface area contributed by atoms with Crippen LogP contribution in [-0.2, 0) is 23.8 Å². The molecule has 2 aromatic heterocycles. The minimum atomic E-state index is -4.63. The second-order valence-electron chi connectivity index (χ2n) is 9.72. The van der Waals surface area contributed by atoms with Gasteiger partial charge in [-0.2, -0.15) is 13.2 Å². The van der Waals surface area contributed by atoms with Crippen LogP contribution in [0.3, 0.4) is 0 Å². The number of hydrogen-bond acceptors (Lipinski definition) is 8. The van der Waals surface area contributed by atoms with Crippen LogP contribution >= 0.6 is 0 Å². The Labute approximate surface area is 225 Å². The number of hydroxylamine groups is 1. The first-order chi connectivity index (χ1) is 18.6. The second-order valence-corrected chi connectivity index (χ2v) is 9.72. The fourth-order valence-electron chi connectivity index (χ4n) is 5.44. The predicted octanol–water partition coefficient (Wildman–Crippen LogP) is 4.89. The molecule has 5 N–H and O–H groups in total. The number of nitrogens with two attached hydrogens (primary N) is 1. The molecule has 2 aliphatic rings. The van der Waals surface area contributed by atoms with Gasteiger partial charge in [0.25, 0.3) is 0 Å². The normalized spacial score (nSPS) is 17.6. The van der Waals surface area contributed by atoms with Crippen LogP contribution < -0.4 is 11.2 Å². The molecule has 0 saturated carbocycles. The third-order valence-corrected chi connectivity index (χ3v) is 7.19. The topological polar surface area (TPSA) is 120 Å². The van der Waals surface area contributed by atoms with Crippen molar-refractivity contribution in [2.24, 2.45) is 0 Å². The van der Waals surface area contributed by atoms with Gasteiger partial charge in [-0.15, -0.1) is 0 Å². The van der Waals surface area contributed by atoms with Crippen LogP contribution in [0.4, 0.5) is 18.9 Å². The first-order valence-electron chi connectivity index (χ1n) is 12.7. The molecule has 0 bridgehead atoms. The first kappa shape index (κ1) is 28.5. The molecule has 1 aromatic carbocycles. The summed E-state index contributed by atoms with van der Waals surface area (Å²) in [5.74, 6) is 0. The number of hydrogen-bond donors (Lipinski definition) is 4. The number of aryl methyl sites for hydroxylation is 2. The summed E-state index contributed by atoms with van der Waals surface area (Å²) in [6, 6.07) is 4.88. The van der Waals surface area contributed by atoms with E-state index in [9.17, 15) is 13.2 Å². The van der Waals surface area contributed by atoms with Crippen molar-refractivity contribution in [2.75, 3.05) is 32.0 Å². The number of halogens is 3. The summed E-state index contributed by atoms with van der Waals surface area (Å²) in [7, 11) is 0. The van der Waals surface area contributed by atoms with Gasteiger partial charge < -0.3 is 15.9 Å². The predicted molar refractivity (Wildman–Crippen MR) is 145 cm³/mol. The standard InChI is InChI=1S/C26H28F3N5O.C2H5NO/c1-14-3-4-16(13-32-14)24-19-11-17(34-7-9-35-10-8-34)5-6-18(19)23-22(15(2)30)21(31)12-20(25(23)33-24)26(27,28)29;1-2-3-4/h3-4,12-13,17,30H,5-11,31H2,1-2H3;2-4H,1H2. The molecule has 3 heterocycles. The number of ether oxygens (including phenoxy) is 1. The number of rotatable bonds is 4. The Hall–Kier alpha value is -3.54. The van der Waals surface area contributed by atoms with Crippen molar-refractivity contribution in [3.8, 4) is 11.3 Å². The molecule has 5 rings (SSSR count). The highest BCUT2D eigenvalue weighted by molar-refractivity contribution is 6.14. The maximum Gasteiger partial charge on any atom is 0.418 e. The van der Waals surface area contributed by atoms with Crippen LogP contribution in [0.5, 0.6) is 0 Å². The lowest BCUT2D eigenvalue weighted by Crippen LogP contribution is -2.46. The van der Waals surface area contributed by atoms with Crippen LogP contribution in [0.25, 0.3) is 22.2 Å².